The topological polar surface area (TPSA) is 64.6 Å². The van der Waals surface area contributed by atoms with Gasteiger partial charge >= 0.3 is 0 Å². The highest BCUT2D eigenvalue weighted by molar-refractivity contribution is 8.00. The molecule has 0 saturated carbocycles. The van der Waals surface area contributed by atoms with E-state index < -0.39 is 10.0 Å². The van der Waals surface area contributed by atoms with Gasteiger partial charge in [0.15, 0.2) is 0 Å². The van der Waals surface area contributed by atoms with Gasteiger partial charge < -0.3 is 9.47 Å². The maximum atomic E-state index is 13.0. The van der Waals surface area contributed by atoms with E-state index in [-0.39, 0.29) is 9.64 Å². The molecule has 0 spiro atoms. The molecule has 7 heteroatoms. The molecule has 0 radical (unpaired) electrons. The van der Waals surface area contributed by atoms with Gasteiger partial charge in [0.25, 0.3) is 0 Å². The zero-order valence-electron chi connectivity index (χ0n) is 16.5. The van der Waals surface area contributed by atoms with Gasteiger partial charge in [0.05, 0.1) is 12.0 Å². The van der Waals surface area contributed by atoms with Gasteiger partial charge in [-0.15, -0.1) is 11.8 Å². The lowest BCUT2D eigenvalue weighted by atomic mass is 9.99. The first kappa shape index (κ1) is 21.2. The van der Waals surface area contributed by atoms with E-state index >= 15 is 0 Å². The number of thioether (sulfide) groups is 1. The maximum absolute atomic E-state index is 13.0. The average molecular weight is 422 g/mol. The number of nitrogens with one attached hydrogen (secondary N) is 1. The van der Waals surface area contributed by atoms with Crippen molar-refractivity contribution < 1.29 is 17.9 Å². The van der Waals surface area contributed by atoms with Crippen molar-refractivity contribution in [1.82, 2.24) is 4.72 Å². The first-order valence-corrected chi connectivity index (χ1v) is 11.6. The Morgan fingerprint density at radius 2 is 1.71 bits per heavy atom. The molecule has 28 heavy (non-hydrogen) atoms. The van der Waals surface area contributed by atoms with Crippen LogP contribution in [0.4, 0.5) is 0 Å². The summed E-state index contributed by atoms with van der Waals surface area (Å²) in [6.07, 6.45) is 1.60. The summed E-state index contributed by atoms with van der Waals surface area (Å²) >= 11 is 1.73. The van der Waals surface area contributed by atoms with Crippen LogP contribution in [0.5, 0.6) is 5.75 Å². The van der Waals surface area contributed by atoms with E-state index in [2.05, 4.69) is 16.9 Å². The van der Waals surface area contributed by atoms with Crippen LogP contribution in [0.25, 0.3) is 0 Å². The largest absolute Gasteiger partial charge is 0.496 e. The fourth-order valence-corrected chi connectivity index (χ4v) is 6.19. The number of benzene rings is 2. The second kappa shape index (κ2) is 8.86. The molecule has 0 amide bonds. The fraction of sp³-hybridized carbons (Fsp3) is 0.429. The standard InChI is InChI=1S/C21H27NO4S2/c1-16-13-19(14-17(2)20(16)25-3)28(23,24)22-15-21(9-11-26-12-10-21)27-18-7-5-4-6-8-18/h4-8,13-14,22H,9-12,15H2,1-3H3. The minimum atomic E-state index is -3.62. The Kier molecular flexibility index (Phi) is 6.70. The third-order valence-electron chi connectivity index (χ3n) is 5.01. The summed E-state index contributed by atoms with van der Waals surface area (Å²) in [4.78, 5) is 1.41. The molecule has 0 aromatic heterocycles. The zero-order chi connectivity index (χ0) is 20.2. The van der Waals surface area contributed by atoms with Gasteiger partial charge in [0.1, 0.15) is 5.75 Å². The van der Waals surface area contributed by atoms with E-state index in [1.54, 1.807) is 31.0 Å². The van der Waals surface area contributed by atoms with Crippen molar-refractivity contribution in [1.29, 1.82) is 0 Å². The van der Waals surface area contributed by atoms with Crippen LogP contribution in [0.15, 0.2) is 52.3 Å². The molecule has 0 aliphatic carbocycles. The molecule has 5 nitrogen and oxygen atoms in total. The van der Waals surface area contributed by atoms with Crippen molar-refractivity contribution in [3.05, 3.63) is 53.6 Å². The highest BCUT2D eigenvalue weighted by Gasteiger charge is 2.35. The first-order valence-electron chi connectivity index (χ1n) is 9.32. The molecule has 2 aromatic carbocycles. The monoisotopic (exact) mass is 421 g/mol. The Labute approximate surface area is 171 Å². The minimum Gasteiger partial charge on any atom is -0.496 e. The summed E-state index contributed by atoms with van der Waals surface area (Å²) in [5.74, 6) is 0.722. The van der Waals surface area contributed by atoms with Gasteiger partial charge in [-0.3, -0.25) is 0 Å². The lowest BCUT2D eigenvalue weighted by Gasteiger charge is -2.36. The van der Waals surface area contributed by atoms with Crippen molar-refractivity contribution in [3.63, 3.8) is 0 Å². The van der Waals surface area contributed by atoms with Gasteiger partial charge in [-0.2, -0.15) is 0 Å². The van der Waals surface area contributed by atoms with Crippen molar-refractivity contribution >= 4 is 21.8 Å². The summed E-state index contributed by atoms with van der Waals surface area (Å²) in [5, 5.41) is 0. The minimum absolute atomic E-state index is 0.219. The number of sulfonamides is 1. The number of ether oxygens (including phenoxy) is 2. The van der Waals surface area contributed by atoms with Gasteiger partial charge in [-0.25, -0.2) is 13.1 Å². The highest BCUT2D eigenvalue weighted by atomic mass is 32.2. The number of methoxy groups -OCH3 is 1. The average Bonchev–Trinajstić information content (AvgIpc) is 2.68. The van der Waals surface area contributed by atoms with Crippen LogP contribution in [0, 0.1) is 13.8 Å². The number of rotatable bonds is 7. The predicted octanol–water partition coefficient (Wildman–Crippen LogP) is 3.93. The second-order valence-corrected chi connectivity index (χ2v) is 10.4. The van der Waals surface area contributed by atoms with E-state index in [9.17, 15) is 8.42 Å². The zero-order valence-corrected chi connectivity index (χ0v) is 18.2. The van der Waals surface area contributed by atoms with E-state index in [0.29, 0.717) is 19.8 Å². The van der Waals surface area contributed by atoms with Gasteiger partial charge in [0.2, 0.25) is 10.0 Å². The van der Waals surface area contributed by atoms with Gasteiger partial charge in [0, 0.05) is 29.4 Å². The molecule has 1 aliphatic rings. The van der Waals surface area contributed by atoms with Crippen molar-refractivity contribution in [2.24, 2.45) is 0 Å². The highest BCUT2D eigenvalue weighted by Crippen LogP contribution is 2.40. The lowest BCUT2D eigenvalue weighted by molar-refractivity contribution is 0.0784. The number of aryl methyl sites for hydroxylation is 2. The smallest absolute Gasteiger partial charge is 0.240 e. The summed E-state index contributed by atoms with van der Waals surface area (Å²) in [6, 6.07) is 13.4. The first-order chi connectivity index (χ1) is 13.4. The second-order valence-electron chi connectivity index (χ2n) is 7.13. The summed E-state index contributed by atoms with van der Waals surface area (Å²) in [7, 11) is -2.03. The fourth-order valence-electron chi connectivity index (χ4n) is 3.49. The molecule has 1 heterocycles. The quantitative estimate of drug-likeness (QED) is 0.734. The van der Waals surface area contributed by atoms with Crippen LogP contribution in [0.2, 0.25) is 0 Å². The Morgan fingerprint density at radius 3 is 2.29 bits per heavy atom. The van der Waals surface area contributed by atoms with E-state index in [1.807, 2.05) is 32.0 Å². The Hall–Kier alpha value is -1.54. The van der Waals surface area contributed by atoms with E-state index in [0.717, 1.165) is 34.6 Å². The Bertz CT molecular complexity index is 884. The van der Waals surface area contributed by atoms with Crippen molar-refractivity contribution in [2.45, 2.75) is 41.2 Å². The van der Waals surface area contributed by atoms with E-state index in [1.165, 1.54) is 0 Å². The Balaban J connectivity index is 1.80. The maximum Gasteiger partial charge on any atom is 0.240 e. The normalized spacial score (nSPS) is 16.7. The van der Waals surface area contributed by atoms with Crippen LogP contribution in [0.3, 0.4) is 0 Å². The summed E-state index contributed by atoms with van der Waals surface area (Å²) in [5.41, 5.74) is 1.62. The van der Waals surface area contributed by atoms with E-state index in [4.69, 9.17) is 9.47 Å². The molecule has 152 valence electrons. The van der Waals surface area contributed by atoms with Crippen molar-refractivity contribution in [2.75, 3.05) is 26.9 Å². The molecule has 1 fully saturated rings. The number of hydrogen-bond donors (Lipinski definition) is 1. The molecule has 1 aliphatic heterocycles. The predicted molar refractivity (Wildman–Crippen MR) is 113 cm³/mol. The van der Waals surface area contributed by atoms with Crippen LogP contribution in [-0.2, 0) is 14.8 Å². The molecule has 0 bridgehead atoms. The SMILES string of the molecule is COc1c(C)cc(S(=O)(=O)NCC2(Sc3ccccc3)CCOCC2)cc1C. The summed E-state index contributed by atoms with van der Waals surface area (Å²) in [6.45, 7) is 5.36. The third kappa shape index (κ3) is 4.89. The Morgan fingerprint density at radius 1 is 1.11 bits per heavy atom. The lowest BCUT2D eigenvalue weighted by Crippen LogP contribution is -2.44. The molecule has 0 unspecified atom stereocenters. The molecule has 1 saturated heterocycles. The molecule has 3 rings (SSSR count). The number of hydrogen-bond acceptors (Lipinski definition) is 5. The van der Waals surface area contributed by atoms with Crippen LogP contribution < -0.4 is 9.46 Å². The summed E-state index contributed by atoms with van der Waals surface area (Å²) < 4.78 is 39.5. The molecular weight excluding hydrogens is 394 g/mol. The molecule has 2 aromatic rings. The van der Waals surface area contributed by atoms with Crippen LogP contribution in [-0.4, -0.2) is 40.0 Å². The third-order valence-corrected chi connectivity index (χ3v) is 7.89. The molecule has 0 atom stereocenters. The van der Waals surface area contributed by atoms with Gasteiger partial charge in [-0.1, -0.05) is 18.2 Å². The molecule has 1 N–H and O–H groups in total. The van der Waals surface area contributed by atoms with Crippen LogP contribution >= 0.6 is 11.8 Å². The molecular formula is C21H27NO4S2. The van der Waals surface area contributed by atoms with Gasteiger partial charge in [-0.05, 0) is 62.1 Å². The van der Waals surface area contributed by atoms with Crippen molar-refractivity contribution in [3.8, 4) is 5.75 Å². The van der Waals surface area contributed by atoms with Crippen LogP contribution in [0.1, 0.15) is 24.0 Å².